The lowest BCUT2D eigenvalue weighted by Crippen LogP contribution is -2.00. The smallest absolute Gasteiger partial charge is 0.335 e. The molecule has 0 unspecified atom stereocenters. The third kappa shape index (κ3) is 2.52. The molecule has 0 aliphatic carbocycles. The highest BCUT2D eigenvalue weighted by Gasteiger charge is 2.15. The Labute approximate surface area is 87.7 Å². The number of carboxylic acid groups (broad SMARTS) is 1. The molecule has 0 heterocycles. The van der Waals surface area contributed by atoms with Crippen molar-refractivity contribution in [3.8, 4) is 0 Å². The van der Waals surface area contributed by atoms with Crippen molar-refractivity contribution in [3.63, 3.8) is 0 Å². The third-order valence-corrected chi connectivity index (χ3v) is 2.66. The Morgan fingerprint density at radius 3 is 2.36 bits per heavy atom. The van der Waals surface area contributed by atoms with Gasteiger partial charge in [0, 0.05) is 4.47 Å². The first-order chi connectivity index (χ1) is 6.30. The number of rotatable bonds is 2. The minimum atomic E-state index is -4.87. The van der Waals surface area contributed by atoms with Gasteiger partial charge in [-0.25, -0.2) is 4.79 Å². The van der Waals surface area contributed by atoms with Crippen LogP contribution >= 0.6 is 15.9 Å². The van der Waals surface area contributed by atoms with E-state index in [9.17, 15) is 17.1 Å². The molecule has 1 N–H and O–H groups in total. The van der Waals surface area contributed by atoms with E-state index in [1.54, 1.807) is 0 Å². The molecule has 1 rings (SSSR count). The third-order valence-electron chi connectivity index (χ3n) is 1.40. The van der Waals surface area contributed by atoms with E-state index in [2.05, 4.69) is 15.9 Å². The average molecular weight is 283 g/mol. The van der Waals surface area contributed by atoms with Crippen molar-refractivity contribution in [2.24, 2.45) is 0 Å². The number of halogens is 2. The van der Waals surface area contributed by atoms with Gasteiger partial charge in [0.05, 0.1) is 5.56 Å². The molecular weight excluding hydrogens is 279 g/mol. The van der Waals surface area contributed by atoms with E-state index < -0.39 is 21.1 Å². The van der Waals surface area contributed by atoms with E-state index in [0.29, 0.717) is 0 Å². The summed E-state index contributed by atoms with van der Waals surface area (Å²) in [7, 11) is -4.87. The van der Waals surface area contributed by atoms with Gasteiger partial charge in [-0.3, -0.25) is 0 Å². The molecule has 14 heavy (non-hydrogen) atoms. The maximum absolute atomic E-state index is 12.5. The number of hydrogen-bond acceptors (Lipinski definition) is 3. The number of aromatic carboxylic acids is 1. The molecule has 1 aromatic rings. The minimum absolute atomic E-state index is 0.189. The molecule has 0 atom stereocenters. The predicted molar refractivity (Wildman–Crippen MR) is 49.4 cm³/mol. The molecule has 76 valence electrons. The Bertz CT molecular complexity index is 482. The van der Waals surface area contributed by atoms with Gasteiger partial charge in [0.1, 0.15) is 4.90 Å². The molecular formula is C7H4BrFO4S. The molecule has 0 fully saturated rings. The van der Waals surface area contributed by atoms with Crippen molar-refractivity contribution in [1.82, 2.24) is 0 Å². The molecule has 1 aromatic carbocycles. The number of benzene rings is 1. The van der Waals surface area contributed by atoms with Gasteiger partial charge in [-0.2, -0.15) is 8.42 Å². The zero-order valence-electron chi connectivity index (χ0n) is 6.57. The van der Waals surface area contributed by atoms with E-state index in [1.165, 1.54) is 6.07 Å². The van der Waals surface area contributed by atoms with Crippen molar-refractivity contribution < 1.29 is 22.2 Å². The maximum Gasteiger partial charge on any atom is 0.335 e. The Morgan fingerprint density at radius 1 is 1.36 bits per heavy atom. The lowest BCUT2D eigenvalue weighted by atomic mass is 10.2. The van der Waals surface area contributed by atoms with Gasteiger partial charge in [-0.05, 0) is 18.2 Å². The summed E-state index contributed by atoms with van der Waals surface area (Å²) in [6.45, 7) is 0. The van der Waals surface area contributed by atoms with E-state index in [4.69, 9.17) is 5.11 Å². The van der Waals surface area contributed by atoms with Crippen molar-refractivity contribution in [3.05, 3.63) is 28.2 Å². The zero-order valence-corrected chi connectivity index (χ0v) is 8.97. The minimum Gasteiger partial charge on any atom is -0.478 e. The molecule has 0 spiro atoms. The van der Waals surface area contributed by atoms with Crippen LogP contribution in [0.3, 0.4) is 0 Å². The van der Waals surface area contributed by atoms with E-state index in [-0.39, 0.29) is 10.0 Å². The number of hydrogen-bond donors (Lipinski definition) is 1. The van der Waals surface area contributed by atoms with Gasteiger partial charge in [0.25, 0.3) is 0 Å². The van der Waals surface area contributed by atoms with Crippen LogP contribution in [0.4, 0.5) is 3.89 Å². The van der Waals surface area contributed by atoms with Crippen LogP contribution in [0.1, 0.15) is 10.4 Å². The fourth-order valence-electron chi connectivity index (χ4n) is 0.827. The van der Waals surface area contributed by atoms with Gasteiger partial charge < -0.3 is 5.11 Å². The van der Waals surface area contributed by atoms with Crippen molar-refractivity contribution >= 4 is 32.1 Å². The Hall–Kier alpha value is -0.950. The zero-order chi connectivity index (χ0) is 10.9. The first-order valence-electron chi connectivity index (χ1n) is 3.29. The normalized spacial score (nSPS) is 11.3. The fraction of sp³-hybridized carbons (Fsp3) is 0. The van der Waals surface area contributed by atoms with Crippen LogP contribution in [0.25, 0.3) is 0 Å². The molecule has 0 aliphatic heterocycles. The summed E-state index contributed by atoms with van der Waals surface area (Å²) in [6.07, 6.45) is 0. The van der Waals surface area contributed by atoms with Crippen molar-refractivity contribution in [1.29, 1.82) is 0 Å². The first-order valence-corrected chi connectivity index (χ1v) is 5.47. The predicted octanol–water partition coefficient (Wildman–Crippen LogP) is 1.81. The summed E-state index contributed by atoms with van der Waals surface area (Å²) in [5.74, 6) is -1.32. The molecule has 0 saturated carbocycles. The lowest BCUT2D eigenvalue weighted by molar-refractivity contribution is 0.0696. The SMILES string of the molecule is O=C(O)c1cc(Br)cc(S(=O)(=O)F)c1. The summed E-state index contributed by atoms with van der Waals surface area (Å²) < 4.78 is 33.7. The molecule has 0 aliphatic rings. The van der Waals surface area contributed by atoms with Gasteiger partial charge in [0.2, 0.25) is 0 Å². The fourth-order valence-corrected chi connectivity index (χ4v) is 2.01. The second kappa shape index (κ2) is 3.66. The van der Waals surface area contributed by atoms with Crippen LogP contribution in [0.2, 0.25) is 0 Å². The second-order valence-corrected chi connectivity index (χ2v) is 4.68. The summed E-state index contributed by atoms with van der Waals surface area (Å²) in [5, 5.41) is 8.56. The molecule has 0 saturated heterocycles. The average Bonchev–Trinajstić information content (AvgIpc) is 2.01. The number of carbonyl (C=O) groups is 1. The molecule has 7 heteroatoms. The summed E-state index contributed by atoms with van der Waals surface area (Å²) in [5.41, 5.74) is -0.296. The molecule has 0 aromatic heterocycles. The summed E-state index contributed by atoms with van der Waals surface area (Å²) in [4.78, 5) is 9.82. The Morgan fingerprint density at radius 2 is 1.93 bits per heavy atom. The molecule has 0 radical (unpaired) electrons. The largest absolute Gasteiger partial charge is 0.478 e. The highest BCUT2D eigenvalue weighted by Crippen LogP contribution is 2.20. The number of carboxylic acids is 1. The van der Waals surface area contributed by atoms with Crippen LogP contribution in [-0.2, 0) is 10.2 Å². The quantitative estimate of drug-likeness (QED) is 0.840. The lowest BCUT2D eigenvalue weighted by Gasteiger charge is -1.99. The van der Waals surface area contributed by atoms with Crippen molar-refractivity contribution in [2.75, 3.05) is 0 Å². The monoisotopic (exact) mass is 282 g/mol. The van der Waals surface area contributed by atoms with Crippen LogP contribution in [-0.4, -0.2) is 19.5 Å². The summed E-state index contributed by atoms with van der Waals surface area (Å²) >= 11 is 2.88. The Kier molecular flexibility index (Phi) is 2.91. The van der Waals surface area contributed by atoms with Gasteiger partial charge >= 0.3 is 16.2 Å². The highest BCUT2D eigenvalue weighted by atomic mass is 79.9. The van der Waals surface area contributed by atoms with E-state index in [1.807, 2.05) is 0 Å². The molecule has 4 nitrogen and oxygen atoms in total. The second-order valence-electron chi connectivity index (χ2n) is 2.42. The van der Waals surface area contributed by atoms with Crippen LogP contribution in [0.5, 0.6) is 0 Å². The van der Waals surface area contributed by atoms with Crippen LogP contribution < -0.4 is 0 Å². The van der Waals surface area contributed by atoms with Crippen LogP contribution in [0.15, 0.2) is 27.6 Å². The van der Waals surface area contributed by atoms with Gasteiger partial charge in [-0.15, -0.1) is 3.89 Å². The molecule has 0 bridgehead atoms. The standard InChI is InChI=1S/C7H4BrFO4S/c8-5-1-4(7(10)11)2-6(3-5)14(9,12)13/h1-3H,(H,10,11). The maximum atomic E-state index is 12.5. The van der Waals surface area contributed by atoms with Gasteiger partial charge in [0.15, 0.2) is 0 Å². The highest BCUT2D eigenvalue weighted by molar-refractivity contribution is 9.10. The molecule has 0 amide bonds. The Balaban J connectivity index is 3.43. The van der Waals surface area contributed by atoms with E-state index >= 15 is 0 Å². The van der Waals surface area contributed by atoms with Crippen LogP contribution in [0, 0.1) is 0 Å². The van der Waals surface area contributed by atoms with Gasteiger partial charge in [-0.1, -0.05) is 15.9 Å². The van der Waals surface area contributed by atoms with E-state index in [0.717, 1.165) is 12.1 Å². The van der Waals surface area contributed by atoms with Crippen molar-refractivity contribution in [2.45, 2.75) is 4.90 Å². The topological polar surface area (TPSA) is 71.4 Å². The summed E-state index contributed by atoms with van der Waals surface area (Å²) in [6, 6.07) is 2.92. The first kappa shape index (κ1) is 11.1.